The van der Waals surface area contributed by atoms with Crippen molar-refractivity contribution in [1.29, 1.82) is 0 Å². The zero-order valence-electron chi connectivity index (χ0n) is 11.6. The molecule has 0 saturated heterocycles. The Kier molecular flexibility index (Phi) is 3.41. The van der Waals surface area contributed by atoms with Gasteiger partial charge in [-0.15, -0.1) is 0 Å². The van der Waals surface area contributed by atoms with Crippen LogP contribution in [0.15, 0.2) is 48.7 Å². The topological polar surface area (TPSA) is 14.2 Å². The molecule has 0 bridgehead atoms. The summed E-state index contributed by atoms with van der Waals surface area (Å²) in [6.07, 6.45) is 2.11. The molecule has 2 nitrogen and oxygen atoms in total. The minimum Gasteiger partial charge on any atom is -0.487 e. The van der Waals surface area contributed by atoms with E-state index in [2.05, 4.69) is 42.9 Å². The molecule has 1 heterocycles. The summed E-state index contributed by atoms with van der Waals surface area (Å²) in [5.74, 6) is 0.721. The Balaban J connectivity index is 1.92. The van der Waals surface area contributed by atoms with Gasteiger partial charge < -0.3 is 9.30 Å². The monoisotopic (exact) mass is 285 g/mol. The molecule has 0 aliphatic rings. The number of aromatic nitrogens is 1. The van der Waals surface area contributed by atoms with E-state index in [0.29, 0.717) is 11.6 Å². The summed E-state index contributed by atoms with van der Waals surface area (Å²) in [5.41, 5.74) is 3.64. The van der Waals surface area contributed by atoms with E-state index in [0.717, 1.165) is 5.75 Å². The van der Waals surface area contributed by atoms with Gasteiger partial charge in [-0.2, -0.15) is 0 Å². The largest absolute Gasteiger partial charge is 0.487 e. The predicted molar refractivity (Wildman–Crippen MR) is 83.4 cm³/mol. The summed E-state index contributed by atoms with van der Waals surface area (Å²) in [6, 6.07) is 14.0. The van der Waals surface area contributed by atoms with Crippen molar-refractivity contribution in [3.8, 4) is 5.75 Å². The number of benzene rings is 2. The minimum absolute atomic E-state index is 0.518. The van der Waals surface area contributed by atoms with E-state index in [-0.39, 0.29) is 0 Å². The highest BCUT2D eigenvalue weighted by Crippen LogP contribution is 2.27. The molecule has 1 aromatic heterocycles. The Bertz CT molecular complexity index is 761. The number of fused-ring (bicyclic) bond motifs is 1. The first-order chi connectivity index (χ1) is 9.65. The van der Waals surface area contributed by atoms with Gasteiger partial charge in [0.15, 0.2) is 0 Å². The number of nitrogens with zero attached hydrogens (tertiary/aromatic N) is 1. The second kappa shape index (κ2) is 5.22. The lowest BCUT2D eigenvalue weighted by atomic mass is 10.1. The van der Waals surface area contributed by atoms with E-state index in [1.165, 1.54) is 22.0 Å². The lowest BCUT2D eigenvalue weighted by molar-refractivity contribution is 0.307. The van der Waals surface area contributed by atoms with Gasteiger partial charge in [0.1, 0.15) is 12.4 Å². The SMILES string of the molecule is Cc1ccc2c(c1)c(COc1ccccc1Cl)cn2C. The summed E-state index contributed by atoms with van der Waals surface area (Å²) in [6.45, 7) is 2.62. The molecule has 3 rings (SSSR count). The number of hydrogen-bond acceptors (Lipinski definition) is 1. The van der Waals surface area contributed by atoms with E-state index in [1.807, 2.05) is 24.3 Å². The molecule has 3 aromatic rings. The van der Waals surface area contributed by atoms with Crippen molar-refractivity contribution in [3.05, 3.63) is 64.8 Å². The molecule has 0 N–H and O–H groups in total. The lowest BCUT2D eigenvalue weighted by Crippen LogP contribution is -1.95. The van der Waals surface area contributed by atoms with Crippen LogP contribution in [0.5, 0.6) is 5.75 Å². The number of hydrogen-bond donors (Lipinski definition) is 0. The van der Waals surface area contributed by atoms with Gasteiger partial charge in [-0.3, -0.25) is 0 Å². The van der Waals surface area contributed by atoms with E-state index in [4.69, 9.17) is 16.3 Å². The van der Waals surface area contributed by atoms with E-state index < -0.39 is 0 Å². The molecule has 0 aliphatic carbocycles. The average Bonchev–Trinajstić information content (AvgIpc) is 2.74. The number of aryl methyl sites for hydroxylation is 2. The van der Waals surface area contributed by atoms with Crippen molar-refractivity contribution in [2.24, 2.45) is 7.05 Å². The maximum absolute atomic E-state index is 6.11. The van der Waals surface area contributed by atoms with Crippen LogP contribution in [0, 0.1) is 6.92 Å². The number of ether oxygens (including phenoxy) is 1. The molecule has 20 heavy (non-hydrogen) atoms. The molecule has 2 aromatic carbocycles. The molecular weight excluding hydrogens is 270 g/mol. The van der Waals surface area contributed by atoms with E-state index >= 15 is 0 Å². The highest BCUT2D eigenvalue weighted by molar-refractivity contribution is 6.32. The van der Waals surface area contributed by atoms with Gasteiger partial charge in [0.25, 0.3) is 0 Å². The van der Waals surface area contributed by atoms with Gasteiger partial charge in [-0.1, -0.05) is 35.4 Å². The maximum Gasteiger partial charge on any atom is 0.138 e. The lowest BCUT2D eigenvalue weighted by Gasteiger charge is -2.07. The third-order valence-electron chi connectivity index (χ3n) is 3.45. The van der Waals surface area contributed by atoms with Gasteiger partial charge >= 0.3 is 0 Å². The molecule has 102 valence electrons. The van der Waals surface area contributed by atoms with Crippen molar-refractivity contribution in [1.82, 2.24) is 4.57 Å². The molecular formula is C17H16ClNO. The molecule has 3 heteroatoms. The van der Waals surface area contributed by atoms with Crippen molar-refractivity contribution < 1.29 is 4.74 Å². The fraction of sp³-hybridized carbons (Fsp3) is 0.176. The zero-order chi connectivity index (χ0) is 14.1. The van der Waals surface area contributed by atoms with Crippen LogP contribution in [0.4, 0.5) is 0 Å². The summed E-state index contributed by atoms with van der Waals surface area (Å²) in [4.78, 5) is 0. The van der Waals surface area contributed by atoms with Crippen LogP contribution in [0.25, 0.3) is 10.9 Å². The Morgan fingerprint density at radius 1 is 1.15 bits per heavy atom. The van der Waals surface area contributed by atoms with Gasteiger partial charge in [-0.25, -0.2) is 0 Å². The van der Waals surface area contributed by atoms with E-state index in [9.17, 15) is 0 Å². The standard InChI is InChI=1S/C17H16ClNO/c1-12-7-8-16-14(9-12)13(10-19(16)2)11-20-17-6-4-3-5-15(17)18/h3-10H,11H2,1-2H3. The van der Waals surface area contributed by atoms with Crippen LogP contribution in [0.1, 0.15) is 11.1 Å². The number of para-hydroxylation sites is 1. The molecule has 0 radical (unpaired) electrons. The van der Waals surface area contributed by atoms with E-state index in [1.54, 1.807) is 0 Å². The minimum atomic E-state index is 0.518. The molecule has 0 fully saturated rings. The van der Waals surface area contributed by atoms with Gasteiger partial charge in [0.05, 0.1) is 5.02 Å². The molecule has 0 saturated carbocycles. The molecule has 0 unspecified atom stereocenters. The third-order valence-corrected chi connectivity index (χ3v) is 3.76. The van der Waals surface area contributed by atoms with Crippen LogP contribution >= 0.6 is 11.6 Å². The normalized spacial score (nSPS) is 10.9. The quantitative estimate of drug-likeness (QED) is 0.679. The van der Waals surface area contributed by atoms with Gasteiger partial charge in [0, 0.05) is 29.7 Å². The smallest absolute Gasteiger partial charge is 0.138 e. The van der Waals surface area contributed by atoms with Crippen LogP contribution < -0.4 is 4.74 Å². The first-order valence-electron chi connectivity index (χ1n) is 6.57. The molecule has 0 amide bonds. The summed E-state index contributed by atoms with van der Waals surface area (Å²) in [5, 5.41) is 1.88. The highest BCUT2D eigenvalue weighted by Gasteiger charge is 2.08. The first-order valence-corrected chi connectivity index (χ1v) is 6.95. The highest BCUT2D eigenvalue weighted by atomic mass is 35.5. The third kappa shape index (κ3) is 2.39. The van der Waals surface area contributed by atoms with Crippen LogP contribution in [0.3, 0.4) is 0 Å². The zero-order valence-corrected chi connectivity index (χ0v) is 12.3. The fourth-order valence-electron chi connectivity index (χ4n) is 2.42. The molecule has 0 atom stereocenters. The Morgan fingerprint density at radius 3 is 2.75 bits per heavy atom. The van der Waals surface area contributed by atoms with Crippen molar-refractivity contribution in [2.75, 3.05) is 0 Å². The summed E-state index contributed by atoms with van der Waals surface area (Å²) < 4.78 is 7.96. The van der Waals surface area contributed by atoms with Crippen molar-refractivity contribution in [2.45, 2.75) is 13.5 Å². The maximum atomic E-state index is 6.11. The average molecular weight is 286 g/mol. The summed E-state index contributed by atoms with van der Waals surface area (Å²) in [7, 11) is 2.05. The Morgan fingerprint density at radius 2 is 1.95 bits per heavy atom. The van der Waals surface area contributed by atoms with Crippen LogP contribution in [-0.2, 0) is 13.7 Å². The molecule has 0 aliphatic heterocycles. The predicted octanol–water partition coefficient (Wildman–Crippen LogP) is 4.72. The second-order valence-corrected chi connectivity index (χ2v) is 5.41. The summed E-state index contributed by atoms with van der Waals surface area (Å²) >= 11 is 6.11. The van der Waals surface area contributed by atoms with Crippen molar-refractivity contribution in [3.63, 3.8) is 0 Å². The second-order valence-electron chi connectivity index (χ2n) is 5.00. The fourth-order valence-corrected chi connectivity index (χ4v) is 2.61. The van der Waals surface area contributed by atoms with Crippen molar-refractivity contribution >= 4 is 22.5 Å². The first kappa shape index (κ1) is 13.1. The van der Waals surface area contributed by atoms with Crippen LogP contribution in [0.2, 0.25) is 5.02 Å². The Hall–Kier alpha value is -1.93. The number of halogens is 1. The van der Waals surface area contributed by atoms with Crippen LogP contribution in [-0.4, -0.2) is 4.57 Å². The number of rotatable bonds is 3. The van der Waals surface area contributed by atoms with Gasteiger partial charge in [0.2, 0.25) is 0 Å². The Labute approximate surface area is 123 Å². The van der Waals surface area contributed by atoms with Gasteiger partial charge in [-0.05, 0) is 31.2 Å². The molecule has 0 spiro atoms.